The summed E-state index contributed by atoms with van der Waals surface area (Å²) in [5, 5.41) is 14.2. The molecule has 40 heavy (non-hydrogen) atoms. The Morgan fingerprint density at radius 2 is 1.50 bits per heavy atom. The van der Waals surface area contributed by atoms with Crippen LogP contribution in [0.25, 0.3) is 0 Å². The van der Waals surface area contributed by atoms with Gasteiger partial charge in [0.15, 0.2) is 0 Å². The van der Waals surface area contributed by atoms with Crippen LogP contribution in [0.15, 0.2) is 24.5 Å². The molecule has 9 nitrogen and oxygen atoms in total. The number of alkyl halides is 6. The third-order valence-corrected chi connectivity index (χ3v) is 6.94. The molecule has 2 saturated heterocycles. The second-order valence-corrected chi connectivity index (χ2v) is 9.91. The maximum Gasteiger partial charge on any atom is 0.490 e. The van der Waals surface area contributed by atoms with Crippen LogP contribution >= 0.6 is 0 Å². The topological polar surface area (TPSA) is 120 Å². The molecule has 0 unspecified atom stereocenters. The lowest BCUT2D eigenvalue weighted by molar-refractivity contribution is -0.193. The van der Waals surface area contributed by atoms with Crippen molar-refractivity contribution in [1.82, 2.24) is 14.8 Å². The number of likely N-dealkylation sites (tertiary alicyclic amines) is 1. The Kier molecular flexibility index (Phi) is 12.2. The molecule has 226 valence electrons. The number of aromatic nitrogens is 1. The van der Waals surface area contributed by atoms with Gasteiger partial charge in [0.25, 0.3) is 5.91 Å². The molecule has 3 heterocycles. The SMILES string of the molecule is O=C(O)C(F)(F)F.O=C(O)C(F)(F)F.O=C(c1cccnc1)N1CCOC2(CCN(CC3CCCCC3)CC2)C1. The van der Waals surface area contributed by atoms with E-state index in [4.69, 9.17) is 24.5 Å². The first-order chi connectivity index (χ1) is 18.6. The Morgan fingerprint density at radius 3 is 1.98 bits per heavy atom. The normalized spacial score (nSPS) is 20.0. The van der Waals surface area contributed by atoms with Gasteiger partial charge in [0.05, 0.1) is 24.3 Å². The summed E-state index contributed by atoms with van der Waals surface area (Å²) in [5.41, 5.74) is 0.540. The summed E-state index contributed by atoms with van der Waals surface area (Å²) < 4.78 is 69.7. The van der Waals surface area contributed by atoms with Gasteiger partial charge in [0, 0.05) is 38.6 Å². The van der Waals surface area contributed by atoms with Gasteiger partial charge in [-0.15, -0.1) is 0 Å². The van der Waals surface area contributed by atoms with Crippen molar-refractivity contribution in [2.45, 2.75) is 62.9 Å². The zero-order valence-corrected chi connectivity index (χ0v) is 21.7. The molecule has 3 fully saturated rings. The van der Waals surface area contributed by atoms with Crippen molar-refractivity contribution in [3.05, 3.63) is 30.1 Å². The van der Waals surface area contributed by atoms with Crippen molar-refractivity contribution in [2.75, 3.05) is 39.3 Å². The molecule has 1 aromatic rings. The van der Waals surface area contributed by atoms with Crippen LogP contribution in [0.1, 0.15) is 55.3 Å². The molecule has 2 aliphatic heterocycles. The second-order valence-electron chi connectivity index (χ2n) is 9.91. The number of carboxylic acid groups (broad SMARTS) is 2. The smallest absolute Gasteiger partial charge is 0.475 e. The molecule has 1 spiro atoms. The van der Waals surface area contributed by atoms with E-state index in [0.717, 1.165) is 38.4 Å². The highest BCUT2D eigenvalue weighted by Crippen LogP contribution is 2.32. The lowest BCUT2D eigenvalue weighted by atomic mass is 9.86. The highest BCUT2D eigenvalue weighted by Gasteiger charge is 2.41. The predicted molar refractivity (Wildman–Crippen MR) is 128 cm³/mol. The quantitative estimate of drug-likeness (QED) is 0.506. The Labute approximate surface area is 227 Å². The number of hydrogen-bond donors (Lipinski definition) is 2. The van der Waals surface area contributed by atoms with Crippen LogP contribution in [0.2, 0.25) is 0 Å². The number of carboxylic acids is 2. The summed E-state index contributed by atoms with van der Waals surface area (Å²) in [6, 6.07) is 3.68. The molecular weight excluding hydrogens is 552 g/mol. The van der Waals surface area contributed by atoms with Gasteiger partial charge in [0.1, 0.15) is 0 Å². The Hall–Kier alpha value is -2.94. The van der Waals surface area contributed by atoms with Crippen molar-refractivity contribution in [1.29, 1.82) is 0 Å². The van der Waals surface area contributed by atoms with Crippen LogP contribution < -0.4 is 0 Å². The molecule has 2 N–H and O–H groups in total. The first-order valence-electron chi connectivity index (χ1n) is 12.8. The first-order valence-corrected chi connectivity index (χ1v) is 12.8. The Balaban J connectivity index is 0.000000333. The van der Waals surface area contributed by atoms with Crippen molar-refractivity contribution >= 4 is 17.8 Å². The number of morpholine rings is 1. The van der Waals surface area contributed by atoms with Gasteiger partial charge in [-0.3, -0.25) is 9.78 Å². The fraction of sp³-hybridized carbons (Fsp3) is 0.680. The minimum absolute atomic E-state index is 0.0883. The molecule has 0 aromatic carbocycles. The molecule has 15 heteroatoms. The zero-order valence-electron chi connectivity index (χ0n) is 21.7. The standard InChI is InChI=1S/C21H31N3O2.2C2HF3O2/c25-20(19-7-4-10-22-15-19)24-13-14-26-21(17-24)8-11-23(12-9-21)16-18-5-2-1-3-6-18;2*3-2(4,5)1(6)7/h4,7,10,15,18H,1-3,5-6,8-9,11-14,16-17H2;2*(H,6,7). The number of halogens is 6. The van der Waals surface area contributed by atoms with Crippen LogP contribution in [0.4, 0.5) is 26.3 Å². The maximum atomic E-state index is 12.8. The fourth-order valence-electron chi connectivity index (χ4n) is 4.87. The maximum absolute atomic E-state index is 12.8. The van der Waals surface area contributed by atoms with E-state index < -0.39 is 24.3 Å². The van der Waals surface area contributed by atoms with Gasteiger partial charge < -0.3 is 24.7 Å². The highest BCUT2D eigenvalue weighted by molar-refractivity contribution is 5.94. The van der Waals surface area contributed by atoms with Crippen LogP contribution in [-0.2, 0) is 14.3 Å². The van der Waals surface area contributed by atoms with Gasteiger partial charge in [-0.25, -0.2) is 9.59 Å². The third kappa shape index (κ3) is 10.9. The molecule has 1 amide bonds. The van der Waals surface area contributed by atoms with E-state index in [1.807, 2.05) is 17.0 Å². The summed E-state index contributed by atoms with van der Waals surface area (Å²) in [6.07, 6.45) is 2.35. The summed E-state index contributed by atoms with van der Waals surface area (Å²) in [7, 11) is 0. The number of nitrogens with zero attached hydrogens (tertiary/aromatic N) is 3. The minimum Gasteiger partial charge on any atom is -0.475 e. The molecule has 0 radical (unpaired) electrons. The monoisotopic (exact) mass is 585 g/mol. The number of ether oxygens (including phenoxy) is 1. The number of rotatable bonds is 3. The van der Waals surface area contributed by atoms with Gasteiger partial charge in [-0.2, -0.15) is 26.3 Å². The van der Waals surface area contributed by atoms with Crippen LogP contribution in [-0.4, -0.2) is 100 Å². The summed E-state index contributed by atoms with van der Waals surface area (Å²) in [6.45, 7) is 5.51. The van der Waals surface area contributed by atoms with Crippen LogP contribution in [0.5, 0.6) is 0 Å². The molecule has 4 rings (SSSR count). The molecule has 1 aliphatic carbocycles. The van der Waals surface area contributed by atoms with E-state index in [9.17, 15) is 31.1 Å². The summed E-state index contributed by atoms with van der Waals surface area (Å²) in [5.74, 6) is -4.53. The first kappa shape index (κ1) is 33.3. The van der Waals surface area contributed by atoms with Crippen molar-refractivity contribution in [2.24, 2.45) is 5.92 Å². The van der Waals surface area contributed by atoms with E-state index >= 15 is 0 Å². The predicted octanol–water partition coefficient (Wildman–Crippen LogP) is 4.24. The third-order valence-electron chi connectivity index (χ3n) is 6.94. The van der Waals surface area contributed by atoms with Crippen molar-refractivity contribution in [3.63, 3.8) is 0 Å². The van der Waals surface area contributed by atoms with Gasteiger partial charge in [-0.1, -0.05) is 19.3 Å². The van der Waals surface area contributed by atoms with E-state index in [1.165, 1.54) is 38.6 Å². The largest absolute Gasteiger partial charge is 0.490 e. The number of carbonyl (C=O) groups is 3. The molecule has 0 atom stereocenters. The lowest BCUT2D eigenvalue weighted by Crippen LogP contribution is -2.58. The van der Waals surface area contributed by atoms with Crippen molar-refractivity contribution < 1.29 is 55.7 Å². The number of pyridine rings is 1. The Morgan fingerprint density at radius 1 is 0.950 bits per heavy atom. The van der Waals surface area contributed by atoms with Crippen LogP contribution in [0.3, 0.4) is 0 Å². The van der Waals surface area contributed by atoms with Crippen LogP contribution in [0, 0.1) is 5.92 Å². The number of piperidine rings is 1. The molecule has 0 bridgehead atoms. The molecular formula is C25H33F6N3O6. The molecule has 1 aromatic heterocycles. The fourth-order valence-corrected chi connectivity index (χ4v) is 4.87. The molecule has 1 saturated carbocycles. The lowest BCUT2D eigenvalue weighted by Gasteiger charge is -2.47. The highest BCUT2D eigenvalue weighted by atomic mass is 19.4. The van der Waals surface area contributed by atoms with Gasteiger partial charge >= 0.3 is 24.3 Å². The Bertz CT molecular complexity index is 938. The number of carbonyl (C=O) groups excluding carboxylic acids is 1. The average Bonchev–Trinajstić information content (AvgIpc) is 2.90. The minimum atomic E-state index is -5.08. The van der Waals surface area contributed by atoms with E-state index in [2.05, 4.69) is 9.88 Å². The van der Waals surface area contributed by atoms with Crippen molar-refractivity contribution in [3.8, 4) is 0 Å². The van der Waals surface area contributed by atoms with Gasteiger partial charge in [-0.05, 0) is 43.7 Å². The van der Waals surface area contributed by atoms with Gasteiger partial charge in [0.2, 0.25) is 0 Å². The van der Waals surface area contributed by atoms with E-state index in [0.29, 0.717) is 18.7 Å². The van der Waals surface area contributed by atoms with E-state index in [-0.39, 0.29) is 11.5 Å². The zero-order chi connectivity index (χ0) is 30.0. The summed E-state index contributed by atoms with van der Waals surface area (Å²) in [4.78, 5) is 39.2. The van der Waals surface area contributed by atoms with E-state index in [1.54, 1.807) is 12.4 Å². The number of hydrogen-bond acceptors (Lipinski definition) is 6. The number of aliphatic carboxylic acids is 2. The second kappa shape index (κ2) is 14.6. The number of amides is 1. The average molecular weight is 586 g/mol. The summed E-state index contributed by atoms with van der Waals surface area (Å²) >= 11 is 0. The molecule has 3 aliphatic rings.